The number of benzene rings is 2. The smallest absolute Gasteiger partial charge is 0.315 e. The molecule has 4 N–H and O–H groups in total. The van der Waals surface area contributed by atoms with Crippen LogP contribution in [0.3, 0.4) is 0 Å². The van der Waals surface area contributed by atoms with Crippen LogP contribution in [-0.4, -0.2) is 49.9 Å². The van der Waals surface area contributed by atoms with E-state index in [4.69, 9.17) is 9.47 Å². The monoisotopic (exact) mass is 526 g/mol. The van der Waals surface area contributed by atoms with Crippen LogP contribution in [0.15, 0.2) is 48.5 Å². The highest BCUT2D eigenvalue weighted by Crippen LogP contribution is 2.22. The molecule has 2 atom stereocenters. The van der Waals surface area contributed by atoms with Crippen molar-refractivity contribution in [2.45, 2.75) is 58.8 Å². The number of Topliss-reactive ketones (excluding diaryl/α,β-unsaturated/α-hetero) is 1. The Labute approximate surface area is 223 Å². The summed E-state index contributed by atoms with van der Waals surface area (Å²) in [4.78, 5) is 50.9. The number of nitrogens with one attached hydrogen (secondary N) is 4. The van der Waals surface area contributed by atoms with Gasteiger partial charge in [-0.1, -0.05) is 51.1 Å². The van der Waals surface area contributed by atoms with Gasteiger partial charge in [-0.15, -0.1) is 0 Å². The Kier molecular flexibility index (Phi) is 12.1. The lowest BCUT2D eigenvalue weighted by Crippen LogP contribution is -2.55. The van der Waals surface area contributed by atoms with Gasteiger partial charge in [0.1, 0.15) is 17.5 Å². The number of methoxy groups -OCH3 is 2. The Morgan fingerprint density at radius 2 is 1.39 bits per heavy atom. The lowest BCUT2D eigenvalue weighted by atomic mass is 10.0. The van der Waals surface area contributed by atoms with Crippen LogP contribution < -0.4 is 30.7 Å². The molecule has 4 amide bonds. The first-order chi connectivity index (χ1) is 18.2. The molecule has 2 unspecified atom stereocenters. The van der Waals surface area contributed by atoms with E-state index < -0.39 is 35.7 Å². The molecule has 0 saturated carbocycles. The van der Waals surface area contributed by atoms with Gasteiger partial charge in [-0.05, 0) is 42.0 Å². The summed E-state index contributed by atoms with van der Waals surface area (Å²) < 4.78 is 10.4. The van der Waals surface area contributed by atoms with Crippen molar-refractivity contribution in [3.05, 3.63) is 59.7 Å². The zero-order valence-electron chi connectivity index (χ0n) is 22.6. The summed E-state index contributed by atoms with van der Waals surface area (Å²) >= 11 is 0. The van der Waals surface area contributed by atoms with Gasteiger partial charge in [-0.25, -0.2) is 4.79 Å². The molecule has 0 aromatic heterocycles. The summed E-state index contributed by atoms with van der Waals surface area (Å²) in [6, 6.07) is 12.1. The number of amides is 4. The fraction of sp³-hybridized carbons (Fsp3) is 0.429. The Bertz CT molecular complexity index is 1070. The molecule has 2 rings (SSSR count). The third-order valence-corrected chi connectivity index (χ3v) is 5.75. The maximum Gasteiger partial charge on any atom is 0.315 e. The molecule has 2 aromatic carbocycles. The molecule has 38 heavy (non-hydrogen) atoms. The minimum Gasteiger partial charge on any atom is -0.497 e. The highest BCUT2D eigenvalue weighted by Gasteiger charge is 2.29. The largest absolute Gasteiger partial charge is 0.497 e. The van der Waals surface area contributed by atoms with Gasteiger partial charge in [-0.2, -0.15) is 0 Å². The van der Waals surface area contributed by atoms with Gasteiger partial charge < -0.3 is 30.7 Å². The van der Waals surface area contributed by atoms with Crippen molar-refractivity contribution >= 4 is 23.6 Å². The average Bonchev–Trinajstić information content (AvgIpc) is 2.92. The van der Waals surface area contributed by atoms with Crippen molar-refractivity contribution in [2.24, 2.45) is 5.92 Å². The lowest BCUT2D eigenvalue weighted by Gasteiger charge is -2.23. The van der Waals surface area contributed by atoms with Crippen LogP contribution in [0.2, 0.25) is 0 Å². The minimum atomic E-state index is -1.04. The number of carbonyl (C=O) groups is 4. The molecule has 0 bridgehead atoms. The van der Waals surface area contributed by atoms with Crippen LogP contribution in [-0.2, 0) is 27.5 Å². The van der Waals surface area contributed by atoms with Gasteiger partial charge in [0.05, 0.1) is 20.3 Å². The van der Waals surface area contributed by atoms with Crippen LogP contribution >= 0.6 is 0 Å². The average molecular weight is 527 g/mol. The van der Waals surface area contributed by atoms with Crippen molar-refractivity contribution in [3.63, 3.8) is 0 Å². The molecular formula is C28H38N4O6. The molecular weight excluding hydrogens is 488 g/mol. The first kappa shape index (κ1) is 30.1. The summed E-state index contributed by atoms with van der Waals surface area (Å²) in [7, 11) is 3.03. The van der Waals surface area contributed by atoms with Crippen LogP contribution in [0.4, 0.5) is 4.79 Å². The second-order valence-electron chi connectivity index (χ2n) is 9.23. The van der Waals surface area contributed by atoms with Gasteiger partial charge in [0.2, 0.25) is 11.7 Å². The van der Waals surface area contributed by atoms with Crippen LogP contribution in [0.5, 0.6) is 11.5 Å². The Balaban J connectivity index is 1.97. The van der Waals surface area contributed by atoms with E-state index >= 15 is 0 Å². The zero-order chi connectivity index (χ0) is 28.1. The van der Waals surface area contributed by atoms with Gasteiger partial charge in [0.15, 0.2) is 0 Å². The summed E-state index contributed by atoms with van der Waals surface area (Å²) in [5, 5.41) is 10.6. The molecule has 0 spiro atoms. The predicted octanol–water partition coefficient (Wildman–Crippen LogP) is 2.70. The lowest BCUT2D eigenvalue weighted by molar-refractivity contribution is -0.140. The van der Waals surface area contributed by atoms with E-state index in [2.05, 4.69) is 21.3 Å². The van der Waals surface area contributed by atoms with Crippen molar-refractivity contribution in [2.75, 3.05) is 14.2 Å². The Morgan fingerprint density at radius 1 is 0.789 bits per heavy atom. The van der Waals surface area contributed by atoms with E-state index in [0.29, 0.717) is 30.0 Å². The van der Waals surface area contributed by atoms with Crippen molar-refractivity contribution in [1.82, 2.24) is 21.3 Å². The van der Waals surface area contributed by atoms with Gasteiger partial charge in [0, 0.05) is 19.2 Å². The number of carbonyl (C=O) groups excluding carboxylic acids is 4. The molecule has 2 aromatic rings. The molecule has 0 heterocycles. The quantitative estimate of drug-likeness (QED) is 0.280. The van der Waals surface area contributed by atoms with E-state index in [1.54, 1.807) is 25.1 Å². The Morgan fingerprint density at radius 3 is 1.95 bits per heavy atom. The summed E-state index contributed by atoms with van der Waals surface area (Å²) in [6.45, 7) is 5.92. The molecule has 206 valence electrons. The minimum absolute atomic E-state index is 0.0711. The number of urea groups is 1. The maximum absolute atomic E-state index is 13.0. The number of ketones is 1. The molecule has 10 heteroatoms. The first-order valence-electron chi connectivity index (χ1n) is 12.6. The summed E-state index contributed by atoms with van der Waals surface area (Å²) in [6.07, 6.45) is 0.568. The highest BCUT2D eigenvalue weighted by molar-refractivity contribution is 6.38. The van der Waals surface area contributed by atoms with Crippen molar-refractivity contribution < 1.29 is 28.7 Å². The van der Waals surface area contributed by atoms with Crippen molar-refractivity contribution in [1.29, 1.82) is 0 Å². The highest BCUT2D eigenvalue weighted by atomic mass is 16.5. The fourth-order valence-electron chi connectivity index (χ4n) is 3.71. The molecule has 0 fully saturated rings. The number of ether oxygens (including phenoxy) is 2. The van der Waals surface area contributed by atoms with Gasteiger partial charge in [0.25, 0.3) is 5.91 Å². The fourth-order valence-corrected chi connectivity index (χ4v) is 3.71. The van der Waals surface area contributed by atoms with E-state index in [-0.39, 0.29) is 18.9 Å². The van der Waals surface area contributed by atoms with Crippen molar-refractivity contribution in [3.8, 4) is 11.5 Å². The summed E-state index contributed by atoms with van der Waals surface area (Å²) in [5.74, 6) is -0.927. The third-order valence-electron chi connectivity index (χ3n) is 5.75. The van der Waals surface area contributed by atoms with Crippen LogP contribution in [0.1, 0.15) is 44.7 Å². The number of hydrogen-bond acceptors (Lipinski definition) is 6. The number of rotatable bonds is 14. The Hall–Kier alpha value is -4.08. The zero-order valence-corrected chi connectivity index (χ0v) is 22.6. The topological polar surface area (TPSA) is 135 Å². The number of hydrogen-bond donors (Lipinski definition) is 4. The molecule has 0 aliphatic heterocycles. The molecule has 0 aliphatic rings. The van der Waals surface area contributed by atoms with Crippen LogP contribution in [0, 0.1) is 5.92 Å². The van der Waals surface area contributed by atoms with E-state index in [0.717, 1.165) is 5.56 Å². The second kappa shape index (κ2) is 15.2. The van der Waals surface area contributed by atoms with E-state index in [1.807, 2.05) is 44.2 Å². The molecule has 0 radical (unpaired) electrons. The second-order valence-corrected chi connectivity index (χ2v) is 9.23. The molecule has 10 nitrogen and oxygen atoms in total. The van der Waals surface area contributed by atoms with Gasteiger partial charge in [-0.3, -0.25) is 14.4 Å². The third kappa shape index (κ3) is 9.76. The molecule has 0 saturated heterocycles. The van der Waals surface area contributed by atoms with E-state index in [9.17, 15) is 19.2 Å². The standard InChI is InChI=1S/C28H38N4O6/c1-6-23(25(33)27(35)29-17-20-13-21(37-4)15-22(14-20)38-5)31-26(34)24(12-18(2)3)32-28(36)30-16-19-10-8-7-9-11-19/h7-11,13-15,18,23-24H,6,12,16-17H2,1-5H3,(H,29,35)(H,31,34)(H2,30,32,36). The summed E-state index contributed by atoms with van der Waals surface area (Å²) in [5.41, 5.74) is 1.60. The van der Waals surface area contributed by atoms with Gasteiger partial charge >= 0.3 is 6.03 Å². The van der Waals surface area contributed by atoms with E-state index in [1.165, 1.54) is 14.2 Å². The first-order valence-corrected chi connectivity index (χ1v) is 12.6. The molecule has 0 aliphatic carbocycles. The normalized spacial score (nSPS) is 12.2. The SMILES string of the molecule is CCC(NC(=O)C(CC(C)C)NC(=O)NCc1ccccc1)C(=O)C(=O)NCc1cc(OC)cc(OC)c1. The predicted molar refractivity (Wildman–Crippen MR) is 144 cm³/mol. The maximum atomic E-state index is 13.0. The van der Waals surface area contributed by atoms with Crippen LogP contribution in [0.25, 0.3) is 0 Å².